The molecule has 1 atom stereocenters. The van der Waals surface area contributed by atoms with Gasteiger partial charge < -0.3 is 5.11 Å². The third kappa shape index (κ3) is 2.28. The molecule has 0 saturated heterocycles. The second-order valence-electron chi connectivity index (χ2n) is 5.03. The van der Waals surface area contributed by atoms with Crippen molar-refractivity contribution in [1.82, 2.24) is 0 Å². The lowest BCUT2D eigenvalue weighted by atomic mass is 9.76. The highest BCUT2D eigenvalue weighted by Gasteiger charge is 2.35. The Morgan fingerprint density at radius 2 is 1.86 bits per heavy atom. The number of aliphatic carboxylic acids is 1. The molecule has 0 aliphatic heterocycles. The van der Waals surface area contributed by atoms with E-state index in [1.54, 1.807) is 0 Å². The Balaban J connectivity index is 2.32. The SMILES string of the molecule is O=C(O)CC1c2cc(F)ccc2C(=O)c2ccc(Cl)c(Cl)c21. The molecular weight excluding hydrogens is 330 g/mol. The van der Waals surface area contributed by atoms with Crippen LogP contribution in [0.5, 0.6) is 0 Å². The smallest absolute Gasteiger partial charge is 0.304 e. The molecular formula is C16H9Cl2FO3. The lowest BCUT2D eigenvalue weighted by Gasteiger charge is -2.27. The van der Waals surface area contributed by atoms with Crippen LogP contribution in [0.2, 0.25) is 10.0 Å². The summed E-state index contributed by atoms with van der Waals surface area (Å²) < 4.78 is 13.6. The molecule has 1 aliphatic rings. The molecule has 0 bridgehead atoms. The normalized spacial score (nSPS) is 16.1. The minimum absolute atomic E-state index is 0.133. The molecule has 1 aliphatic carbocycles. The molecule has 0 amide bonds. The standard InChI is InChI=1S/C16H9Cl2FO3/c17-12-4-3-9-14(15(12)18)11(6-13(20)21)10-5-7(19)1-2-8(10)16(9)22/h1-5,11H,6H2,(H,20,21). The summed E-state index contributed by atoms with van der Waals surface area (Å²) >= 11 is 12.2. The van der Waals surface area contributed by atoms with Gasteiger partial charge >= 0.3 is 5.97 Å². The fourth-order valence-corrected chi connectivity index (χ4v) is 3.28. The number of carboxylic acids is 1. The van der Waals surface area contributed by atoms with Crippen LogP contribution in [0, 0.1) is 5.82 Å². The minimum Gasteiger partial charge on any atom is -0.481 e. The molecule has 0 aromatic heterocycles. The second kappa shape index (κ2) is 5.38. The van der Waals surface area contributed by atoms with Crippen molar-refractivity contribution in [3.05, 3.63) is 68.4 Å². The summed E-state index contributed by atoms with van der Waals surface area (Å²) in [6, 6.07) is 6.74. The van der Waals surface area contributed by atoms with E-state index in [2.05, 4.69) is 0 Å². The number of carbonyl (C=O) groups is 2. The Bertz CT molecular complexity index is 817. The predicted octanol–water partition coefficient (Wildman–Crippen LogP) is 4.28. The summed E-state index contributed by atoms with van der Waals surface area (Å²) in [4.78, 5) is 23.7. The number of rotatable bonds is 2. The third-order valence-corrected chi connectivity index (χ3v) is 4.56. The van der Waals surface area contributed by atoms with Crippen LogP contribution >= 0.6 is 23.2 Å². The van der Waals surface area contributed by atoms with E-state index in [1.165, 1.54) is 30.3 Å². The summed E-state index contributed by atoms with van der Waals surface area (Å²) in [7, 11) is 0. The van der Waals surface area contributed by atoms with Crippen molar-refractivity contribution in [1.29, 1.82) is 0 Å². The Labute approximate surface area is 135 Å². The van der Waals surface area contributed by atoms with Crippen LogP contribution in [-0.4, -0.2) is 16.9 Å². The molecule has 1 N–H and O–H groups in total. The zero-order valence-corrected chi connectivity index (χ0v) is 12.6. The first-order valence-corrected chi connectivity index (χ1v) is 7.19. The molecule has 0 heterocycles. The Morgan fingerprint density at radius 3 is 2.55 bits per heavy atom. The maximum atomic E-state index is 13.6. The highest BCUT2D eigenvalue weighted by molar-refractivity contribution is 6.43. The van der Waals surface area contributed by atoms with Crippen LogP contribution in [0.15, 0.2) is 30.3 Å². The van der Waals surface area contributed by atoms with Gasteiger partial charge in [-0.25, -0.2) is 4.39 Å². The van der Waals surface area contributed by atoms with Crippen molar-refractivity contribution >= 4 is 35.0 Å². The highest BCUT2D eigenvalue weighted by atomic mass is 35.5. The van der Waals surface area contributed by atoms with Gasteiger partial charge in [-0.2, -0.15) is 0 Å². The highest BCUT2D eigenvalue weighted by Crippen LogP contribution is 2.44. The first-order valence-electron chi connectivity index (χ1n) is 6.44. The molecule has 2 aromatic carbocycles. The maximum absolute atomic E-state index is 13.6. The third-order valence-electron chi connectivity index (χ3n) is 3.74. The number of hydrogen-bond donors (Lipinski definition) is 1. The molecule has 0 saturated carbocycles. The van der Waals surface area contributed by atoms with E-state index in [0.717, 1.165) is 0 Å². The molecule has 0 spiro atoms. The van der Waals surface area contributed by atoms with E-state index in [4.69, 9.17) is 28.3 Å². The number of carboxylic acid groups (broad SMARTS) is 1. The topological polar surface area (TPSA) is 54.4 Å². The largest absolute Gasteiger partial charge is 0.481 e. The van der Waals surface area contributed by atoms with Crippen molar-refractivity contribution in [2.75, 3.05) is 0 Å². The number of hydrogen-bond acceptors (Lipinski definition) is 2. The van der Waals surface area contributed by atoms with Gasteiger partial charge in [0, 0.05) is 17.0 Å². The molecule has 112 valence electrons. The Hall–Kier alpha value is -1.91. The molecule has 6 heteroatoms. The summed E-state index contributed by atoms with van der Waals surface area (Å²) in [6.45, 7) is 0. The lowest BCUT2D eigenvalue weighted by molar-refractivity contribution is -0.137. The summed E-state index contributed by atoms with van der Waals surface area (Å²) in [5, 5.41) is 9.52. The van der Waals surface area contributed by atoms with E-state index in [9.17, 15) is 14.0 Å². The van der Waals surface area contributed by atoms with Crippen molar-refractivity contribution < 1.29 is 19.1 Å². The van der Waals surface area contributed by atoms with Crippen LogP contribution in [-0.2, 0) is 4.79 Å². The zero-order chi connectivity index (χ0) is 16.0. The van der Waals surface area contributed by atoms with Gasteiger partial charge in [0.1, 0.15) is 5.82 Å². The summed E-state index contributed by atoms with van der Waals surface area (Å²) in [6.07, 6.45) is -0.309. The van der Waals surface area contributed by atoms with Crippen molar-refractivity contribution in [3.8, 4) is 0 Å². The number of benzene rings is 2. The van der Waals surface area contributed by atoms with Gasteiger partial charge in [0.25, 0.3) is 0 Å². The summed E-state index contributed by atoms with van der Waals surface area (Å²) in [5.74, 6) is -2.65. The van der Waals surface area contributed by atoms with Gasteiger partial charge in [0.2, 0.25) is 0 Å². The van der Waals surface area contributed by atoms with E-state index in [0.29, 0.717) is 22.3 Å². The monoisotopic (exact) mass is 338 g/mol. The maximum Gasteiger partial charge on any atom is 0.304 e. The molecule has 3 nitrogen and oxygen atoms in total. The van der Waals surface area contributed by atoms with Crippen LogP contribution < -0.4 is 0 Å². The van der Waals surface area contributed by atoms with Gasteiger partial charge in [-0.1, -0.05) is 23.2 Å². The second-order valence-corrected chi connectivity index (χ2v) is 5.82. The van der Waals surface area contributed by atoms with Crippen LogP contribution in [0.25, 0.3) is 0 Å². The zero-order valence-electron chi connectivity index (χ0n) is 11.1. The number of fused-ring (bicyclic) bond motifs is 2. The van der Waals surface area contributed by atoms with Gasteiger partial charge in [-0.3, -0.25) is 9.59 Å². The van der Waals surface area contributed by atoms with Gasteiger partial charge in [-0.15, -0.1) is 0 Å². The van der Waals surface area contributed by atoms with E-state index in [-0.39, 0.29) is 22.2 Å². The molecule has 3 rings (SSSR count). The van der Waals surface area contributed by atoms with Gasteiger partial charge in [0.05, 0.1) is 16.5 Å². The van der Waals surface area contributed by atoms with Crippen LogP contribution in [0.1, 0.15) is 39.4 Å². The van der Waals surface area contributed by atoms with Crippen molar-refractivity contribution in [2.45, 2.75) is 12.3 Å². The van der Waals surface area contributed by atoms with Crippen LogP contribution in [0.3, 0.4) is 0 Å². The Morgan fingerprint density at radius 1 is 1.18 bits per heavy atom. The molecule has 1 unspecified atom stereocenters. The van der Waals surface area contributed by atoms with Crippen LogP contribution in [0.4, 0.5) is 4.39 Å². The minimum atomic E-state index is -1.07. The summed E-state index contributed by atoms with van der Waals surface area (Å²) in [5.41, 5.74) is 1.27. The quantitative estimate of drug-likeness (QED) is 0.888. The first kappa shape index (κ1) is 15.0. The predicted molar refractivity (Wildman–Crippen MR) is 80.4 cm³/mol. The van der Waals surface area contributed by atoms with E-state index in [1.807, 2.05) is 0 Å². The number of ketones is 1. The lowest BCUT2D eigenvalue weighted by Crippen LogP contribution is -2.22. The fraction of sp³-hybridized carbons (Fsp3) is 0.125. The first-order chi connectivity index (χ1) is 10.4. The average molecular weight is 339 g/mol. The van der Waals surface area contributed by atoms with E-state index < -0.39 is 17.7 Å². The van der Waals surface area contributed by atoms with Gasteiger partial charge in [0.15, 0.2) is 5.78 Å². The Kier molecular flexibility index (Phi) is 3.67. The number of carbonyl (C=O) groups excluding carboxylic acids is 1. The molecule has 22 heavy (non-hydrogen) atoms. The van der Waals surface area contributed by atoms with E-state index >= 15 is 0 Å². The van der Waals surface area contributed by atoms with Crippen molar-refractivity contribution in [2.24, 2.45) is 0 Å². The average Bonchev–Trinajstić information content (AvgIpc) is 2.46. The molecule has 0 fully saturated rings. The van der Waals surface area contributed by atoms with Gasteiger partial charge in [-0.05, 0) is 41.5 Å². The molecule has 2 aromatic rings. The number of halogens is 3. The fourth-order valence-electron chi connectivity index (χ4n) is 2.82. The van der Waals surface area contributed by atoms with Crippen molar-refractivity contribution in [3.63, 3.8) is 0 Å². The molecule has 0 radical (unpaired) electrons.